The van der Waals surface area contributed by atoms with Crippen LogP contribution in [0.5, 0.6) is 0 Å². The van der Waals surface area contributed by atoms with Crippen LogP contribution in [0.3, 0.4) is 0 Å². The summed E-state index contributed by atoms with van der Waals surface area (Å²) in [6.07, 6.45) is 5.70. The van der Waals surface area contributed by atoms with Crippen molar-refractivity contribution < 1.29 is 18.0 Å². The fourth-order valence-corrected chi connectivity index (χ4v) is 4.68. The third-order valence-electron chi connectivity index (χ3n) is 5.66. The van der Waals surface area contributed by atoms with Gasteiger partial charge in [0.15, 0.2) is 0 Å². The van der Waals surface area contributed by atoms with Crippen LogP contribution in [0.1, 0.15) is 38.1 Å². The van der Waals surface area contributed by atoms with Gasteiger partial charge in [-0.2, -0.15) is 0 Å². The molecule has 0 saturated carbocycles. The number of carbonyl (C=O) groups excluding carboxylic acids is 2. The Morgan fingerprint density at radius 1 is 1.06 bits per heavy atom. The van der Waals surface area contributed by atoms with Crippen LogP contribution in [0.15, 0.2) is 83.2 Å². The van der Waals surface area contributed by atoms with E-state index in [1.54, 1.807) is 59.2 Å². The number of carbonyl (C=O) groups is 2. The first-order valence-corrected chi connectivity index (χ1v) is 11.9. The Balaban J connectivity index is 1.50. The number of nitrogens with zero attached hydrogens (tertiary/aromatic N) is 4. The van der Waals surface area contributed by atoms with Crippen LogP contribution in [0.2, 0.25) is 0 Å². The molecule has 35 heavy (non-hydrogen) atoms. The minimum atomic E-state index is -3.97. The molecule has 0 fully saturated rings. The van der Waals surface area contributed by atoms with Crippen LogP contribution >= 0.6 is 0 Å². The number of rotatable bonds is 5. The lowest BCUT2D eigenvalue weighted by Gasteiger charge is -2.18. The molecule has 1 aliphatic heterocycles. The fraction of sp³-hybridized carbons (Fsp3) is 0.0417. The molecule has 1 aliphatic rings. The maximum atomic E-state index is 13.5. The van der Waals surface area contributed by atoms with Gasteiger partial charge in [0.25, 0.3) is 0 Å². The lowest BCUT2D eigenvalue weighted by Crippen LogP contribution is -2.21. The molecule has 0 bridgehead atoms. The Kier molecular flexibility index (Phi) is 5.35. The molecule has 0 spiro atoms. The van der Waals surface area contributed by atoms with Crippen molar-refractivity contribution >= 4 is 27.9 Å². The second kappa shape index (κ2) is 8.38. The third-order valence-corrected chi connectivity index (χ3v) is 6.60. The molecule has 1 atom stereocenters. The van der Waals surface area contributed by atoms with Gasteiger partial charge < -0.3 is 5.73 Å². The zero-order valence-corrected chi connectivity index (χ0v) is 18.9. The van der Waals surface area contributed by atoms with Gasteiger partial charge in [0, 0.05) is 29.2 Å². The minimum Gasteiger partial charge on any atom is -0.366 e. The Morgan fingerprint density at radius 2 is 1.83 bits per heavy atom. The first-order valence-electron chi connectivity index (χ1n) is 10.4. The number of pyridine rings is 1. The number of hydrogen-bond donors (Lipinski definition) is 2. The van der Waals surface area contributed by atoms with Crippen molar-refractivity contribution in [3.05, 3.63) is 95.8 Å². The van der Waals surface area contributed by atoms with Gasteiger partial charge in [-0.3, -0.25) is 24.1 Å². The zero-order chi connectivity index (χ0) is 24.7. The molecule has 174 valence electrons. The smallest absolute Gasteiger partial charge is 0.248 e. The van der Waals surface area contributed by atoms with E-state index in [9.17, 15) is 18.0 Å². The number of benzene rings is 2. The van der Waals surface area contributed by atoms with Gasteiger partial charge >= 0.3 is 0 Å². The molecule has 2 aromatic heterocycles. The predicted molar refractivity (Wildman–Crippen MR) is 128 cm³/mol. The summed E-state index contributed by atoms with van der Waals surface area (Å²) in [6.45, 7) is 0. The molecule has 3 heterocycles. The predicted octanol–water partition coefficient (Wildman–Crippen LogP) is 2.04. The third kappa shape index (κ3) is 4.03. The van der Waals surface area contributed by atoms with Crippen molar-refractivity contribution in [3.8, 4) is 16.8 Å². The quantitative estimate of drug-likeness (QED) is 0.438. The fourth-order valence-electron chi connectivity index (χ4n) is 3.98. The summed E-state index contributed by atoms with van der Waals surface area (Å²) in [6, 6.07) is 14.2. The van der Waals surface area contributed by atoms with Gasteiger partial charge in [0.2, 0.25) is 21.7 Å². The van der Waals surface area contributed by atoms with E-state index in [2.05, 4.69) is 15.0 Å². The number of hydrogen-bond acceptors (Lipinski definition) is 7. The minimum absolute atomic E-state index is 0.0914. The highest BCUT2D eigenvalue weighted by atomic mass is 32.2. The summed E-state index contributed by atoms with van der Waals surface area (Å²) in [5, 5.41) is 5.32. The van der Waals surface area contributed by atoms with Crippen LogP contribution in [-0.2, 0) is 10.0 Å². The van der Waals surface area contributed by atoms with Crippen molar-refractivity contribution in [1.29, 1.82) is 0 Å². The average Bonchev–Trinajstić information content (AvgIpc) is 3.29. The van der Waals surface area contributed by atoms with Crippen molar-refractivity contribution in [2.75, 3.05) is 0 Å². The van der Waals surface area contributed by atoms with Crippen molar-refractivity contribution in [2.45, 2.75) is 10.9 Å². The van der Waals surface area contributed by atoms with Gasteiger partial charge in [-0.15, -0.1) is 0 Å². The Labute approximate surface area is 200 Å². The molecule has 2 aromatic carbocycles. The lowest BCUT2D eigenvalue weighted by molar-refractivity contribution is 0.0952. The summed E-state index contributed by atoms with van der Waals surface area (Å²) in [7, 11) is -3.97. The van der Waals surface area contributed by atoms with E-state index in [1.165, 1.54) is 24.9 Å². The Morgan fingerprint density at radius 3 is 2.54 bits per heavy atom. The number of nitrogens with two attached hydrogens (primary N) is 2. The number of Topliss-reactive ketones (excluding diaryl/α,β-unsaturated/α-hetero) is 1. The SMILES string of the molecule is NC(=O)c1cccc(-n2cnc3c2C(=O)C(c2ccc(-c4ccncc4S(N)(=O)=O)cc2)N=C3)c1. The molecule has 0 saturated heterocycles. The molecule has 1 unspecified atom stereocenters. The van der Waals surface area contributed by atoms with Crippen LogP contribution in [0.25, 0.3) is 16.8 Å². The molecule has 4 N–H and O–H groups in total. The van der Waals surface area contributed by atoms with Crippen molar-refractivity contribution in [2.24, 2.45) is 15.9 Å². The Hall–Kier alpha value is -4.48. The molecule has 5 rings (SSSR count). The summed E-state index contributed by atoms with van der Waals surface area (Å²) in [5.74, 6) is -0.849. The molecule has 0 aliphatic carbocycles. The van der Waals surface area contributed by atoms with E-state index in [-0.39, 0.29) is 10.7 Å². The number of aliphatic imine (C=N–C) groups is 1. The number of fused-ring (bicyclic) bond motifs is 1. The number of primary sulfonamides is 1. The van der Waals surface area contributed by atoms with Gasteiger partial charge in [-0.1, -0.05) is 30.3 Å². The van der Waals surface area contributed by atoms with Gasteiger partial charge in [-0.05, 0) is 35.4 Å². The number of amides is 1. The maximum absolute atomic E-state index is 13.5. The van der Waals surface area contributed by atoms with Crippen LogP contribution in [0, 0.1) is 0 Å². The van der Waals surface area contributed by atoms with E-state index in [1.807, 2.05) is 0 Å². The molecule has 11 heteroatoms. The van der Waals surface area contributed by atoms with Gasteiger partial charge in [-0.25, -0.2) is 18.5 Å². The number of ketones is 1. The first-order chi connectivity index (χ1) is 16.7. The number of imidazole rings is 1. The van der Waals surface area contributed by atoms with Gasteiger partial charge in [0.1, 0.15) is 28.7 Å². The second-order valence-electron chi connectivity index (χ2n) is 7.85. The highest BCUT2D eigenvalue weighted by Gasteiger charge is 2.31. The number of sulfonamides is 1. The van der Waals surface area contributed by atoms with E-state index < -0.39 is 22.0 Å². The number of aromatic nitrogens is 3. The molecule has 0 radical (unpaired) electrons. The van der Waals surface area contributed by atoms with E-state index in [4.69, 9.17) is 10.9 Å². The molecular weight excluding hydrogens is 468 g/mol. The highest BCUT2D eigenvalue weighted by Crippen LogP contribution is 2.32. The van der Waals surface area contributed by atoms with Crippen molar-refractivity contribution in [1.82, 2.24) is 14.5 Å². The standard InChI is InChI=1S/C24H18N6O4S/c25-24(32)16-2-1-3-17(10-16)30-13-29-19-11-28-21(23(31)22(19)30)15-6-4-14(5-7-15)18-8-9-27-12-20(18)35(26,33)34/h1-13,21H,(H2,25,32)(H2,26,33,34). The molecule has 10 nitrogen and oxygen atoms in total. The number of primary amides is 1. The van der Waals surface area contributed by atoms with Crippen LogP contribution in [-0.4, -0.2) is 40.9 Å². The summed E-state index contributed by atoms with van der Waals surface area (Å²) in [5.41, 5.74) is 8.64. The van der Waals surface area contributed by atoms with Crippen molar-refractivity contribution in [3.63, 3.8) is 0 Å². The van der Waals surface area contributed by atoms with Crippen LogP contribution in [0.4, 0.5) is 0 Å². The average molecular weight is 487 g/mol. The zero-order valence-electron chi connectivity index (χ0n) is 18.1. The van der Waals surface area contributed by atoms with Gasteiger partial charge in [0.05, 0.1) is 6.21 Å². The maximum Gasteiger partial charge on any atom is 0.248 e. The largest absolute Gasteiger partial charge is 0.366 e. The Bertz CT molecular complexity index is 1620. The first kappa shape index (κ1) is 22.3. The molecule has 1 amide bonds. The van der Waals surface area contributed by atoms with E-state index in [0.29, 0.717) is 39.3 Å². The summed E-state index contributed by atoms with van der Waals surface area (Å²) in [4.78, 5) is 37.5. The van der Waals surface area contributed by atoms with E-state index in [0.717, 1.165) is 0 Å². The monoisotopic (exact) mass is 486 g/mol. The normalized spacial score (nSPS) is 15.1. The topological polar surface area (TPSA) is 163 Å². The van der Waals surface area contributed by atoms with Crippen LogP contribution < -0.4 is 10.9 Å². The highest BCUT2D eigenvalue weighted by molar-refractivity contribution is 7.89. The lowest BCUT2D eigenvalue weighted by atomic mass is 9.96. The summed E-state index contributed by atoms with van der Waals surface area (Å²) < 4.78 is 25.4. The molecule has 4 aromatic rings. The molecular formula is C24H18N6O4S. The summed E-state index contributed by atoms with van der Waals surface area (Å²) >= 11 is 0. The van der Waals surface area contributed by atoms with E-state index >= 15 is 0 Å². The second-order valence-corrected chi connectivity index (χ2v) is 9.38.